The van der Waals surface area contributed by atoms with Crippen LogP contribution in [0.2, 0.25) is 0 Å². The lowest BCUT2D eigenvalue weighted by atomic mass is 10.3. The summed E-state index contributed by atoms with van der Waals surface area (Å²) in [5.41, 5.74) is -0.673. The second-order valence-electron chi connectivity index (χ2n) is 4.72. The first-order valence-corrected chi connectivity index (χ1v) is 7.93. The van der Waals surface area contributed by atoms with Gasteiger partial charge in [-0.15, -0.1) is 0 Å². The molecule has 11 heteroatoms. The molecule has 2 aromatic rings. The summed E-state index contributed by atoms with van der Waals surface area (Å²) in [7, 11) is -4.67. The van der Waals surface area contributed by atoms with Crippen molar-refractivity contribution < 1.29 is 39.5 Å². The van der Waals surface area contributed by atoms with Gasteiger partial charge in [-0.1, -0.05) is 0 Å². The van der Waals surface area contributed by atoms with E-state index in [0.29, 0.717) is 24.3 Å². The van der Waals surface area contributed by atoms with Crippen molar-refractivity contribution in [3.63, 3.8) is 0 Å². The van der Waals surface area contributed by atoms with Gasteiger partial charge in [0.1, 0.15) is 28.1 Å². The molecule has 0 aliphatic rings. The van der Waals surface area contributed by atoms with Gasteiger partial charge in [-0.25, -0.2) is 21.6 Å². The summed E-state index contributed by atoms with van der Waals surface area (Å²) in [5.74, 6) is -4.06. The number of sulfonamides is 1. The highest BCUT2D eigenvalue weighted by molar-refractivity contribution is 7.92. The maximum absolute atomic E-state index is 13.6. The van der Waals surface area contributed by atoms with Crippen molar-refractivity contribution in [3.05, 3.63) is 53.8 Å². The molecule has 2 aromatic carbocycles. The predicted octanol–water partition coefficient (Wildman–Crippen LogP) is 3.85. The lowest BCUT2D eigenvalue weighted by Crippen LogP contribution is -2.21. The largest absolute Gasteiger partial charge is 0.482 e. The molecule has 0 amide bonds. The number of benzene rings is 2. The Kier molecular flexibility index (Phi) is 5.16. The van der Waals surface area contributed by atoms with Crippen LogP contribution in [0.3, 0.4) is 0 Å². The molecule has 0 heterocycles. The molecular formula is C14H9F6NO3S. The highest BCUT2D eigenvalue weighted by Gasteiger charge is 2.29. The summed E-state index contributed by atoms with van der Waals surface area (Å²) in [6.45, 7) is -1.75. The predicted molar refractivity (Wildman–Crippen MR) is 75.1 cm³/mol. The van der Waals surface area contributed by atoms with Gasteiger partial charge in [0.25, 0.3) is 10.0 Å². The summed E-state index contributed by atoms with van der Waals surface area (Å²) < 4.78 is 107. The summed E-state index contributed by atoms with van der Waals surface area (Å²) in [5, 5.41) is 0. The minimum atomic E-state index is -4.71. The van der Waals surface area contributed by atoms with E-state index in [4.69, 9.17) is 0 Å². The standard InChI is InChI=1S/C14H9F6NO3S/c15-8-2-4-13(10(17)5-8)25(22,23)21-11-6-9(16)1-3-12(11)24-7-14(18,19)20/h1-6,21H,7H2. The van der Waals surface area contributed by atoms with E-state index in [1.165, 1.54) is 0 Å². The Morgan fingerprint density at radius 3 is 2.16 bits per heavy atom. The Hall–Kier alpha value is -2.43. The third kappa shape index (κ3) is 5.02. The fraction of sp³-hybridized carbons (Fsp3) is 0.143. The number of rotatable bonds is 5. The first-order valence-electron chi connectivity index (χ1n) is 6.45. The topological polar surface area (TPSA) is 55.4 Å². The number of hydrogen-bond acceptors (Lipinski definition) is 3. The number of ether oxygens (including phenoxy) is 1. The zero-order chi connectivity index (χ0) is 18.8. The third-order valence-corrected chi connectivity index (χ3v) is 4.16. The zero-order valence-corrected chi connectivity index (χ0v) is 12.9. The van der Waals surface area contributed by atoms with Crippen LogP contribution >= 0.6 is 0 Å². The van der Waals surface area contributed by atoms with E-state index in [2.05, 4.69) is 4.74 Å². The molecule has 0 saturated carbocycles. The van der Waals surface area contributed by atoms with E-state index in [1.807, 2.05) is 0 Å². The summed E-state index contributed by atoms with van der Waals surface area (Å²) >= 11 is 0. The lowest BCUT2D eigenvalue weighted by Gasteiger charge is -2.15. The van der Waals surface area contributed by atoms with Crippen LogP contribution in [0.4, 0.5) is 32.0 Å². The summed E-state index contributed by atoms with van der Waals surface area (Å²) in [6, 6.07) is 3.68. The Bertz CT molecular complexity index is 883. The van der Waals surface area contributed by atoms with Gasteiger partial charge in [-0.2, -0.15) is 13.2 Å². The number of nitrogens with one attached hydrogen (secondary N) is 1. The summed E-state index contributed by atoms with van der Waals surface area (Å²) in [6.07, 6.45) is -4.71. The Balaban J connectivity index is 2.36. The molecule has 0 saturated heterocycles. The fourth-order valence-electron chi connectivity index (χ4n) is 1.76. The molecule has 0 bridgehead atoms. The minimum Gasteiger partial charge on any atom is -0.482 e. The average molecular weight is 385 g/mol. The molecule has 0 aromatic heterocycles. The Labute approximate surface area is 138 Å². The Morgan fingerprint density at radius 1 is 0.960 bits per heavy atom. The van der Waals surface area contributed by atoms with Crippen LogP contribution in [0.15, 0.2) is 41.3 Å². The normalized spacial score (nSPS) is 12.1. The van der Waals surface area contributed by atoms with Crippen LogP contribution in [0.5, 0.6) is 5.75 Å². The number of alkyl halides is 3. The molecular weight excluding hydrogens is 376 g/mol. The quantitative estimate of drug-likeness (QED) is 0.796. The van der Waals surface area contributed by atoms with Crippen LogP contribution in [-0.4, -0.2) is 21.2 Å². The fourth-order valence-corrected chi connectivity index (χ4v) is 2.88. The second-order valence-corrected chi connectivity index (χ2v) is 6.38. The molecule has 0 aliphatic heterocycles. The van der Waals surface area contributed by atoms with E-state index >= 15 is 0 Å². The average Bonchev–Trinajstić information content (AvgIpc) is 2.44. The van der Waals surface area contributed by atoms with Gasteiger partial charge in [0, 0.05) is 12.1 Å². The molecule has 0 spiro atoms. The zero-order valence-electron chi connectivity index (χ0n) is 12.1. The van der Waals surface area contributed by atoms with Gasteiger partial charge >= 0.3 is 6.18 Å². The Morgan fingerprint density at radius 2 is 1.56 bits per heavy atom. The number of anilines is 1. The van der Waals surface area contributed by atoms with Crippen LogP contribution < -0.4 is 9.46 Å². The van der Waals surface area contributed by atoms with E-state index < -0.39 is 56.6 Å². The SMILES string of the molecule is O=S(=O)(Nc1cc(F)ccc1OCC(F)(F)F)c1ccc(F)cc1F. The third-order valence-electron chi connectivity index (χ3n) is 2.76. The highest BCUT2D eigenvalue weighted by Crippen LogP contribution is 2.30. The maximum Gasteiger partial charge on any atom is 0.422 e. The molecule has 136 valence electrons. The van der Waals surface area contributed by atoms with Gasteiger partial charge in [-0.05, 0) is 24.3 Å². The van der Waals surface area contributed by atoms with Gasteiger partial charge in [0.05, 0.1) is 5.69 Å². The highest BCUT2D eigenvalue weighted by atomic mass is 32.2. The van der Waals surface area contributed by atoms with Crippen LogP contribution in [-0.2, 0) is 10.0 Å². The summed E-state index contributed by atoms with van der Waals surface area (Å²) in [4.78, 5) is -0.972. The van der Waals surface area contributed by atoms with E-state index in [9.17, 15) is 34.8 Å². The van der Waals surface area contributed by atoms with Crippen molar-refractivity contribution in [1.29, 1.82) is 0 Å². The number of halogens is 6. The second kappa shape index (κ2) is 6.82. The first kappa shape index (κ1) is 18.9. The molecule has 1 N–H and O–H groups in total. The smallest absolute Gasteiger partial charge is 0.422 e. The molecule has 0 atom stereocenters. The van der Waals surface area contributed by atoms with E-state index in [-0.39, 0.29) is 0 Å². The molecule has 2 rings (SSSR count). The van der Waals surface area contributed by atoms with Crippen molar-refractivity contribution in [2.24, 2.45) is 0 Å². The molecule has 0 unspecified atom stereocenters. The molecule has 25 heavy (non-hydrogen) atoms. The van der Waals surface area contributed by atoms with Crippen molar-refractivity contribution in [2.45, 2.75) is 11.1 Å². The maximum atomic E-state index is 13.6. The van der Waals surface area contributed by atoms with Crippen molar-refractivity contribution in [2.75, 3.05) is 11.3 Å². The van der Waals surface area contributed by atoms with E-state index in [0.717, 1.165) is 12.1 Å². The molecule has 0 fully saturated rings. The van der Waals surface area contributed by atoms with Crippen molar-refractivity contribution >= 4 is 15.7 Å². The minimum absolute atomic E-state index is 0.307. The molecule has 0 radical (unpaired) electrons. The van der Waals surface area contributed by atoms with Gasteiger partial charge in [-0.3, -0.25) is 4.72 Å². The van der Waals surface area contributed by atoms with Crippen LogP contribution in [0.25, 0.3) is 0 Å². The molecule has 0 aliphatic carbocycles. The van der Waals surface area contributed by atoms with Crippen molar-refractivity contribution in [3.8, 4) is 5.75 Å². The van der Waals surface area contributed by atoms with Crippen molar-refractivity contribution in [1.82, 2.24) is 0 Å². The first-order chi connectivity index (χ1) is 11.5. The monoisotopic (exact) mass is 385 g/mol. The number of hydrogen-bond donors (Lipinski definition) is 1. The van der Waals surface area contributed by atoms with Gasteiger partial charge in [0.15, 0.2) is 6.61 Å². The van der Waals surface area contributed by atoms with Crippen LogP contribution in [0.1, 0.15) is 0 Å². The van der Waals surface area contributed by atoms with Gasteiger partial charge < -0.3 is 4.74 Å². The molecule has 4 nitrogen and oxygen atoms in total. The van der Waals surface area contributed by atoms with E-state index in [1.54, 1.807) is 4.72 Å². The lowest BCUT2D eigenvalue weighted by molar-refractivity contribution is -0.153. The van der Waals surface area contributed by atoms with Crippen LogP contribution in [0, 0.1) is 17.5 Å². The van der Waals surface area contributed by atoms with Gasteiger partial charge in [0.2, 0.25) is 0 Å².